The zero-order valence-electron chi connectivity index (χ0n) is 12.6. The number of nitrogens with zero attached hydrogens (tertiary/aromatic N) is 1. The molecule has 0 spiro atoms. The Labute approximate surface area is 142 Å². The molecule has 0 aliphatic carbocycles. The van der Waals surface area contributed by atoms with Gasteiger partial charge in [0.25, 0.3) is 0 Å². The van der Waals surface area contributed by atoms with Crippen LogP contribution in [0, 0.1) is 5.82 Å². The summed E-state index contributed by atoms with van der Waals surface area (Å²) in [5.74, 6) is -1.45. The van der Waals surface area contributed by atoms with Crippen molar-refractivity contribution >= 4 is 27.8 Å². The lowest BCUT2D eigenvalue weighted by Crippen LogP contribution is -2.45. The summed E-state index contributed by atoms with van der Waals surface area (Å²) < 4.78 is 18.9. The topological polar surface area (TPSA) is 66.8 Å². The van der Waals surface area contributed by atoms with Gasteiger partial charge in [0.2, 0.25) is 5.91 Å². The summed E-state index contributed by atoms with van der Waals surface area (Å²) >= 11 is 3.11. The van der Waals surface area contributed by atoms with Crippen molar-refractivity contribution in [2.75, 3.05) is 19.8 Å². The second-order valence-electron chi connectivity index (χ2n) is 5.50. The lowest BCUT2D eigenvalue weighted by Gasteiger charge is -2.34. The zero-order valence-corrected chi connectivity index (χ0v) is 14.2. The second-order valence-corrected chi connectivity index (χ2v) is 6.35. The van der Waals surface area contributed by atoms with Crippen molar-refractivity contribution in [3.63, 3.8) is 0 Å². The van der Waals surface area contributed by atoms with Gasteiger partial charge in [-0.3, -0.25) is 9.59 Å². The summed E-state index contributed by atoms with van der Waals surface area (Å²) in [7, 11) is 0. The van der Waals surface area contributed by atoms with E-state index >= 15 is 0 Å². The molecule has 0 unspecified atom stereocenters. The van der Waals surface area contributed by atoms with E-state index in [1.807, 2.05) is 0 Å². The third kappa shape index (κ3) is 5.28. The van der Waals surface area contributed by atoms with Crippen LogP contribution in [0.4, 0.5) is 4.39 Å². The van der Waals surface area contributed by atoms with E-state index in [-0.39, 0.29) is 37.2 Å². The van der Waals surface area contributed by atoms with Gasteiger partial charge >= 0.3 is 5.97 Å². The van der Waals surface area contributed by atoms with E-state index in [0.29, 0.717) is 36.1 Å². The van der Waals surface area contributed by atoms with Gasteiger partial charge in [0.05, 0.1) is 17.3 Å². The van der Waals surface area contributed by atoms with E-state index in [1.54, 1.807) is 17.0 Å². The SMILES string of the molecule is O=C(O)CCN(C(=O)Cc1ccc(F)c(Br)c1)C1CCOCC1. The number of benzene rings is 1. The standard InChI is InChI=1S/C16H19BrFNO4/c17-13-9-11(1-2-14(13)18)10-15(20)19(6-3-16(21)22)12-4-7-23-8-5-12/h1-2,9,12H,3-8,10H2,(H,21,22). The molecular formula is C16H19BrFNO4. The number of carboxylic acids is 1. The summed E-state index contributed by atoms with van der Waals surface area (Å²) in [5, 5.41) is 8.89. The molecule has 7 heteroatoms. The van der Waals surface area contributed by atoms with Gasteiger partial charge in [-0.1, -0.05) is 6.07 Å². The Bertz CT molecular complexity index is 575. The number of hydrogen-bond acceptors (Lipinski definition) is 3. The monoisotopic (exact) mass is 387 g/mol. The lowest BCUT2D eigenvalue weighted by atomic mass is 10.0. The average molecular weight is 388 g/mol. The van der Waals surface area contributed by atoms with Crippen LogP contribution in [-0.4, -0.2) is 47.7 Å². The Kier molecular flexibility index (Phi) is 6.53. The van der Waals surface area contributed by atoms with Gasteiger partial charge in [0.15, 0.2) is 0 Å². The average Bonchev–Trinajstić information content (AvgIpc) is 2.52. The summed E-state index contributed by atoms with van der Waals surface area (Å²) in [5.41, 5.74) is 0.690. The largest absolute Gasteiger partial charge is 0.481 e. The molecule has 1 heterocycles. The molecule has 1 aliphatic heterocycles. The van der Waals surface area contributed by atoms with E-state index in [4.69, 9.17) is 9.84 Å². The van der Waals surface area contributed by atoms with Crippen LogP contribution in [0.15, 0.2) is 22.7 Å². The van der Waals surface area contributed by atoms with E-state index in [9.17, 15) is 14.0 Å². The number of rotatable bonds is 6. The van der Waals surface area contributed by atoms with Crippen molar-refractivity contribution in [2.24, 2.45) is 0 Å². The third-order valence-corrected chi connectivity index (χ3v) is 4.47. The second kappa shape index (κ2) is 8.40. The molecule has 1 aromatic rings. The van der Waals surface area contributed by atoms with Crippen LogP contribution < -0.4 is 0 Å². The number of hydrogen-bond donors (Lipinski definition) is 1. The first-order valence-electron chi connectivity index (χ1n) is 7.50. The van der Waals surface area contributed by atoms with Gasteiger partial charge in [-0.2, -0.15) is 0 Å². The molecule has 1 N–H and O–H groups in total. The first-order valence-corrected chi connectivity index (χ1v) is 8.29. The predicted octanol–water partition coefficient (Wildman–Crippen LogP) is 2.61. The van der Waals surface area contributed by atoms with Gasteiger partial charge < -0.3 is 14.7 Å². The number of aliphatic carboxylic acids is 1. The highest BCUT2D eigenvalue weighted by atomic mass is 79.9. The van der Waals surface area contributed by atoms with Crippen molar-refractivity contribution in [3.8, 4) is 0 Å². The molecular weight excluding hydrogens is 369 g/mol. The van der Waals surface area contributed by atoms with E-state index in [2.05, 4.69) is 15.9 Å². The molecule has 0 atom stereocenters. The maximum absolute atomic E-state index is 13.3. The van der Waals surface area contributed by atoms with Crippen LogP contribution in [0.3, 0.4) is 0 Å². The van der Waals surface area contributed by atoms with Crippen molar-refractivity contribution in [1.29, 1.82) is 0 Å². The minimum Gasteiger partial charge on any atom is -0.481 e. The molecule has 1 fully saturated rings. The number of ether oxygens (including phenoxy) is 1. The summed E-state index contributed by atoms with van der Waals surface area (Å²) in [6.07, 6.45) is 1.45. The summed E-state index contributed by atoms with van der Waals surface area (Å²) in [6.45, 7) is 1.33. The number of carbonyl (C=O) groups is 2. The Morgan fingerprint density at radius 1 is 1.35 bits per heavy atom. The van der Waals surface area contributed by atoms with Gasteiger partial charge in [0.1, 0.15) is 5.82 Å². The van der Waals surface area contributed by atoms with Gasteiger partial charge in [0, 0.05) is 25.8 Å². The lowest BCUT2D eigenvalue weighted by molar-refractivity contribution is -0.140. The van der Waals surface area contributed by atoms with Crippen molar-refractivity contribution in [3.05, 3.63) is 34.1 Å². The number of halogens is 2. The van der Waals surface area contributed by atoms with Crippen LogP contribution in [0.2, 0.25) is 0 Å². The minimum atomic E-state index is -0.931. The molecule has 23 heavy (non-hydrogen) atoms. The maximum Gasteiger partial charge on any atom is 0.305 e. The number of carbonyl (C=O) groups excluding carboxylic acids is 1. The first kappa shape index (κ1) is 17.9. The van der Waals surface area contributed by atoms with Crippen LogP contribution in [0.1, 0.15) is 24.8 Å². The number of amides is 1. The normalized spacial score (nSPS) is 15.4. The van der Waals surface area contributed by atoms with Gasteiger partial charge in [-0.15, -0.1) is 0 Å². The van der Waals surface area contributed by atoms with Crippen LogP contribution in [0.5, 0.6) is 0 Å². The summed E-state index contributed by atoms with van der Waals surface area (Å²) in [4.78, 5) is 25.1. The highest BCUT2D eigenvalue weighted by molar-refractivity contribution is 9.10. The summed E-state index contributed by atoms with van der Waals surface area (Å²) in [6, 6.07) is 4.45. The molecule has 5 nitrogen and oxygen atoms in total. The van der Waals surface area contributed by atoms with E-state index in [1.165, 1.54) is 6.07 Å². The fourth-order valence-corrected chi connectivity index (χ4v) is 3.08. The van der Waals surface area contributed by atoms with Crippen molar-refractivity contribution in [1.82, 2.24) is 4.90 Å². The van der Waals surface area contributed by atoms with Gasteiger partial charge in [-0.05, 0) is 46.5 Å². The highest BCUT2D eigenvalue weighted by Gasteiger charge is 2.26. The molecule has 1 saturated heterocycles. The molecule has 126 valence electrons. The third-order valence-electron chi connectivity index (χ3n) is 3.86. The van der Waals surface area contributed by atoms with Gasteiger partial charge in [-0.25, -0.2) is 4.39 Å². The Balaban J connectivity index is 2.07. The molecule has 1 aliphatic rings. The quantitative estimate of drug-likeness (QED) is 0.814. The molecule has 1 amide bonds. The fourth-order valence-electron chi connectivity index (χ4n) is 2.65. The fraction of sp³-hybridized carbons (Fsp3) is 0.500. The Morgan fingerprint density at radius 3 is 2.65 bits per heavy atom. The van der Waals surface area contributed by atoms with Crippen LogP contribution >= 0.6 is 15.9 Å². The Hall–Kier alpha value is -1.47. The predicted molar refractivity (Wildman–Crippen MR) is 85.6 cm³/mol. The number of carboxylic acid groups (broad SMARTS) is 1. The minimum absolute atomic E-state index is 0.000473. The first-order chi connectivity index (χ1) is 11.0. The molecule has 0 aromatic heterocycles. The maximum atomic E-state index is 13.3. The van der Waals surface area contributed by atoms with Crippen LogP contribution in [0.25, 0.3) is 0 Å². The van der Waals surface area contributed by atoms with Crippen molar-refractivity contribution in [2.45, 2.75) is 31.7 Å². The zero-order chi connectivity index (χ0) is 16.8. The smallest absolute Gasteiger partial charge is 0.305 e. The van der Waals surface area contributed by atoms with Crippen LogP contribution in [-0.2, 0) is 20.7 Å². The Morgan fingerprint density at radius 2 is 2.04 bits per heavy atom. The highest BCUT2D eigenvalue weighted by Crippen LogP contribution is 2.20. The molecule has 1 aromatic carbocycles. The van der Waals surface area contributed by atoms with E-state index < -0.39 is 5.97 Å². The van der Waals surface area contributed by atoms with Crippen molar-refractivity contribution < 1.29 is 23.8 Å². The molecule has 0 bridgehead atoms. The molecule has 0 radical (unpaired) electrons. The molecule has 0 saturated carbocycles. The molecule has 2 rings (SSSR count). The van der Waals surface area contributed by atoms with E-state index in [0.717, 1.165) is 0 Å².